The Morgan fingerprint density at radius 3 is 3.14 bits per heavy atom. The highest BCUT2D eigenvalue weighted by Gasteiger charge is 2.11. The van der Waals surface area contributed by atoms with Crippen molar-refractivity contribution in [2.75, 3.05) is 0 Å². The van der Waals surface area contributed by atoms with Crippen LogP contribution in [0.3, 0.4) is 0 Å². The smallest absolute Gasteiger partial charge is 0.262 e. The average Bonchev–Trinajstić information content (AvgIpc) is 3.15. The Balaban J connectivity index is 1.66. The summed E-state index contributed by atoms with van der Waals surface area (Å²) in [5.41, 5.74) is 0.898. The quantitative estimate of drug-likeness (QED) is 0.426. The van der Waals surface area contributed by atoms with E-state index in [1.807, 2.05) is 34.3 Å². The van der Waals surface area contributed by atoms with Crippen molar-refractivity contribution in [3.8, 4) is 0 Å². The highest BCUT2D eigenvalue weighted by atomic mass is 32.2. The topological polar surface area (TPSA) is 65.1 Å². The molecule has 0 aliphatic rings. The van der Waals surface area contributed by atoms with Crippen LogP contribution in [0.2, 0.25) is 0 Å². The number of thioether (sulfide) groups is 1. The first-order valence-corrected chi connectivity index (χ1v) is 8.44. The van der Waals surface area contributed by atoms with Crippen LogP contribution < -0.4 is 5.56 Å². The summed E-state index contributed by atoms with van der Waals surface area (Å²) in [6, 6.07) is 3.68. The van der Waals surface area contributed by atoms with Gasteiger partial charge in [-0.05, 0) is 17.5 Å². The second-order valence-corrected chi connectivity index (χ2v) is 6.58. The first kappa shape index (κ1) is 13.5. The lowest BCUT2D eigenvalue weighted by Gasteiger charge is -2.05. The van der Waals surface area contributed by atoms with Gasteiger partial charge in [0.15, 0.2) is 5.16 Å². The van der Waals surface area contributed by atoms with Gasteiger partial charge >= 0.3 is 0 Å². The van der Waals surface area contributed by atoms with E-state index >= 15 is 0 Å². The van der Waals surface area contributed by atoms with Crippen LogP contribution >= 0.6 is 23.1 Å². The van der Waals surface area contributed by atoms with Crippen LogP contribution in [0.4, 0.5) is 0 Å². The molecule has 0 atom stereocenters. The van der Waals surface area contributed by atoms with Crippen molar-refractivity contribution in [3.05, 3.63) is 52.2 Å². The fraction of sp³-hybridized carbons (Fsp3) is 0.143. The van der Waals surface area contributed by atoms with Crippen molar-refractivity contribution in [2.45, 2.75) is 10.9 Å². The molecule has 0 aliphatic carbocycles. The Bertz CT molecular complexity index is 1000. The molecule has 4 aromatic rings. The molecule has 6 nitrogen and oxygen atoms in total. The van der Waals surface area contributed by atoms with Crippen molar-refractivity contribution in [1.82, 2.24) is 23.9 Å². The molecule has 110 valence electrons. The van der Waals surface area contributed by atoms with Gasteiger partial charge in [-0.2, -0.15) is 0 Å². The van der Waals surface area contributed by atoms with Crippen LogP contribution in [-0.4, -0.2) is 23.9 Å². The molecule has 0 saturated carbocycles. The fourth-order valence-corrected chi connectivity index (χ4v) is 3.86. The largest absolute Gasteiger partial charge is 0.291 e. The molecule has 0 bridgehead atoms. The van der Waals surface area contributed by atoms with Crippen LogP contribution in [0.5, 0.6) is 0 Å². The zero-order valence-electron chi connectivity index (χ0n) is 11.6. The van der Waals surface area contributed by atoms with E-state index in [0.29, 0.717) is 22.1 Å². The minimum atomic E-state index is -0.00887. The second-order valence-electron chi connectivity index (χ2n) is 4.75. The summed E-state index contributed by atoms with van der Waals surface area (Å²) in [5, 5.41) is 3.26. The molecule has 0 fully saturated rings. The number of imidazole rings is 1. The highest BCUT2D eigenvalue weighted by molar-refractivity contribution is 7.98. The Kier molecular flexibility index (Phi) is 3.20. The molecule has 0 unspecified atom stereocenters. The van der Waals surface area contributed by atoms with Crippen LogP contribution in [-0.2, 0) is 12.8 Å². The van der Waals surface area contributed by atoms with Gasteiger partial charge in [0.25, 0.3) is 5.56 Å². The molecule has 4 rings (SSSR count). The number of fused-ring (bicyclic) bond motifs is 2. The molecule has 0 saturated heterocycles. The molecule has 0 radical (unpaired) electrons. The third-order valence-electron chi connectivity index (χ3n) is 3.30. The maximum atomic E-state index is 12.2. The van der Waals surface area contributed by atoms with Gasteiger partial charge in [-0.15, -0.1) is 11.3 Å². The number of aromatic nitrogens is 5. The molecule has 0 spiro atoms. The molecule has 4 heterocycles. The standard InChI is InChI=1S/C14H11N5OS2/c1-18-12(20)10-3-6-21-11(10)17-14(18)22-8-9-7-19-5-2-4-15-13(19)16-9/h2-7H,8H2,1H3. The molecule has 4 aromatic heterocycles. The molecular weight excluding hydrogens is 318 g/mol. The summed E-state index contributed by atoms with van der Waals surface area (Å²) < 4.78 is 3.47. The van der Waals surface area contributed by atoms with Crippen molar-refractivity contribution >= 4 is 39.1 Å². The zero-order chi connectivity index (χ0) is 15.1. The summed E-state index contributed by atoms with van der Waals surface area (Å²) in [5.74, 6) is 1.31. The maximum absolute atomic E-state index is 12.2. The van der Waals surface area contributed by atoms with Crippen LogP contribution in [0.25, 0.3) is 16.0 Å². The van der Waals surface area contributed by atoms with E-state index in [4.69, 9.17) is 0 Å². The van der Waals surface area contributed by atoms with Crippen LogP contribution in [0, 0.1) is 0 Å². The Hall–Kier alpha value is -2.19. The highest BCUT2D eigenvalue weighted by Crippen LogP contribution is 2.23. The van der Waals surface area contributed by atoms with Gasteiger partial charge in [0.05, 0.1) is 11.1 Å². The predicted molar refractivity (Wildman–Crippen MR) is 87.4 cm³/mol. The SMILES string of the molecule is Cn1c(SCc2cn3cccnc3n2)nc2sccc2c1=O. The van der Waals surface area contributed by atoms with E-state index in [-0.39, 0.29) is 5.56 Å². The van der Waals surface area contributed by atoms with Gasteiger partial charge in [0.1, 0.15) is 4.83 Å². The summed E-state index contributed by atoms with van der Waals surface area (Å²) in [6.45, 7) is 0. The Morgan fingerprint density at radius 1 is 1.36 bits per heavy atom. The lowest BCUT2D eigenvalue weighted by molar-refractivity contribution is 0.728. The van der Waals surface area contributed by atoms with Gasteiger partial charge in [-0.25, -0.2) is 15.0 Å². The summed E-state index contributed by atoms with van der Waals surface area (Å²) in [7, 11) is 1.75. The van der Waals surface area contributed by atoms with Gasteiger partial charge in [0.2, 0.25) is 5.78 Å². The predicted octanol–water partition coefficient (Wildman–Crippen LogP) is 2.33. The Morgan fingerprint density at radius 2 is 2.27 bits per heavy atom. The number of thiophene rings is 1. The van der Waals surface area contributed by atoms with E-state index in [1.54, 1.807) is 17.8 Å². The summed E-state index contributed by atoms with van der Waals surface area (Å²) >= 11 is 2.99. The summed E-state index contributed by atoms with van der Waals surface area (Å²) in [4.78, 5) is 26.2. The normalized spacial score (nSPS) is 11.5. The fourth-order valence-electron chi connectivity index (χ4n) is 2.20. The van der Waals surface area contributed by atoms with E-state index in [0.717, 1.165) is 10.5 Å². The first-order chi connectivity index (χ1) is 10.7. The van der Waals surface area contributed by atoms with Crippen molar-refractivity contribution in [2.24, 2.45) is 7.05 Å². The number of rotatable bonds is 3. The zero-order valence-corrected chi connectivity index (χ0v) is 13.3. The molecule has 0 aromatic carbocycles. The van der Waals surface area contributed by atoms with Crippen molar-refractivity contribution in [3.63, 3.8) is 0 Å². The molecule has 8 heteroatoms. The van der Waals surface area contributed by atoms with Crippen LogP contribution in [0.15, 0.2) is 46.1 Å². The summed E-state index contributed by atoms with van der Waals surface area (Å²) in [6.07, 6.45) is 5.57. The van der Waals surface area contributed by atoms with E-state index in [1.165, 1.54) is 23.1 Å². The minimum Gasteiger partial charge on any atom is -0.291 e. The third kappa shape index (κ3) is 2.20. The van der Waals surface area contributed by atoms with Gasteiger partial charge < -0.3 is 0 Å². The molecule has 0 amide bonds. The van der Waals surface area contributed by atoms with Crippen molar-refractivity contribution in [1.29, 1.82) is 0 Å². The first-order valence-electron chi connectivity index (χ1n) is 6.58. The maximum Gasteiger partial charge on any atom is 0.262 e. The average molecular weight is 329 g/mol. The van der Waals surface area contributed by atoms with E-state index in [2.05, 4.69) is 15.0 Å². The van der Waals surface area contributed by atoms with E-state index < -0.39 is 0 Å². The number of hydrogen-bond acceptors (Lipinski definition) is 6. The number of nitrogens with zero attached hydrogens (tertiary/aromatic N) is 5. The number of hydrogen-bond donors (Lipinski definition) is 0. The lowest BCUT2D eigenvalue weighted by atomic mass is 10.4. The van der Waals surface area contributed by atoms with Gasteiger partial charge in [-0.3, -0.25) is 13.8 Å². The van der Waals surface area contributed by atoms with Crippen LogP contribution in [0.1, 0.15) is 5.69 Å². The molecular formula is C14H11N5OS2. The van der Waals surface area contributed by atoms with Gasteiger partial charge in [0, 0.05) is 31.4 Å². The van der Waals surface area contributed by atoms with E-state index in [9.17, 15) is 4.79 Å². The Labute approximate surface area is 133 Å². The third-order valence-corrected chi connectivity index (χ3v) is 5.17. The second kappa shape index (κ2) is 5.22. The lowest BCUT2D eigenvalue weighted by Crippen LogP contribution is -2.19. The molecule has 22 heavy (non-hydrogen) atoms. The monoisotopic (exact) mass is 329 g/mol. The van der Waals surface area contributed by atoms with Gasteiger partial charge in [-0.1, -0.05) is 11.8 Å². The minimum absolute atomic E-state index is 0.00887. The molecule has 0 aliphatic heterocycles. The molecule has 0 N–H and O–H groups in total. The van der Waals surface area contributed by atoms with Crippen molar-refractivity contribution < 1.29 is 0 Å².